The quantitative estimate of drug-likeness (QED) is 0.819. The van der Waals surface area contributed by atoms with Crippen LogP contribution in [-0.2, 0) is 6.54 Å². The van der Waals surface area contributed by atoms with Gasteiger partial charge in [-0.1, -0.05) is 35.0 Å². The molecule has 0 unspecified atom stereocenters. The molecule has 2 nitrogen and oxygen atoms in total. The van der Waals surface area contributed by atoms with Crippen LogP contribution in [0.25, 0.3) is 0 Å². The van der Waals surface area contributed by atoms with E-state index in [1.165, 1.54) is 5.56 Å². The van der Waals surface area contributed by atoms with E-state index in [0.29, 0.717) is 6.42 Å². The molecule has 1 rings (SSSR count). The van der Waals surface area contributed by atoms with Crippen molar-refractivity contribution in [3.63, 3.8) is 0 Å². The van der Waals surface area contributed by atoms with E-state index in [2.05, 4.69) is 46.0 Å². The largest absolute Gasteiger partial charge is 0.298 e. The third kappa shape index (κ3) is 4.46. The smallest absolute Gasteiger partial charge is 0.0635 e. The van der Waals surface area contributed by atoms with Gasteiger partial charge >= 0.3 is 0 Å². The van der Waals surface area contributed by atoms with Crippen LogP contribution in [0.1, 0.15) is 18.9 Å². The molecule has 0 heterocycles. The summed E-state index contributed by atoms with van der Waals surface area (Å²) in [4.78, 5) is 2.27. The molecule has 80 valence electrons. The summed E-state index contributed by atoms with van der Waals surface area (Å²) >= 11 is 3.46. The zero-order chi connectivity index (χ0) is 11.1. The van der Waals surface area contributed by atoms with E-state index in [4.69, 9.17) is 5.26 Å². The lowest BCUT2D eigenvalue weighted by atomic mass is 10.2. The fourth-order valence-electron chi connectivity index (χ4n) is 1.45. The average molecular weight is 267 g/mol. The monoisotopic (exact) mass is 266 g/mol. The molecular formula is C12H15BrN2. The minimum atomic E-state index is 0.599. The van der Waals surface area contributed by atoms with Gasteiger partial charge in [0.05, 0.1) is 6.07 Å². The third-order valence-electron chi connectivity index (χ3n) is 2.28. The maximum absolute atomic E-state index is 8.54. The highest BCUT2D eigenvalue weighted by molar-refractivity contribution is 9.10. The van der Waals surface area contributed by atoms with E-state index < -0.39 is 0 Å². The number of hydrogen-bond acceptors (Lipinski definition) is 2. The highest BCUT2D eigenvalue weighted by Crippen LogP contribution is 2.13. The van der Waals surface area contributed by atoms with Gasteiger partial charge in [0.25, 0.3) is 0 Å². The Kier molecular flexibility index (Phi) is 5.38. The Hall–Kier alpha value is -0.850. The van der Waals surface area contributed by atoms with E-state index in [1.54, 1.807) is 0 Å². The van der Waals surface area contributed by atoms with Crippen LogP contribution in [0.3, 0.4) is 0 Å². The first-order valence-electron chi connectivity index (χ1n) is 5.10. The fraction of sp³-hybridized carbons (Fsp3) is 0.417. The molecule has 3 heteroatoms. The number of nitriles is 1. The molecule has 0 spiro atoms. The van der Waals surface area contributed by atoms with Gasteiger partial charge in [-0.25, -0.2) is 0 Å². The summed E-state index contributed by atoms with van der Waals surface area (Å²) < 4.78 is 1.11. The van der Waals surface area contributed by atoms with Gasteiger partial charge in [-0.3, -0.25) is 4.90 Å². The zero-order valence-corrected chi connectivity index (χ0v) is 10.5. The SMILES string of the molecule is CCN(CCC#N)Cc1cccc(Br)c1. The van der Waals surface area contributed by atoms with Gasteiger partial charge in [0.2, 0.25) is 0 Å². The molecule has 0 aliphatic heterocycles. The van der Waals surface area contributed by atoms with E-state index in [9.17, 15) is 0 Å². The highest BCUT2D eigenvalue weighted by atomic mass is 79.9. The van der Waals surface area contributed by atoms with Gasteiger partial charge in [-0.05, 0) is 24.2 Å². The molecule has 0 aliphatic carbocycles. The molecule has 1 aromatic rings. The van der Waals surface area contributed by atoms with Gasteiger partial charge in [0.15, 0.2) is 0 Å². The van der Waals surface area contributed by atoms with Crippen molar-refractivity contribution < 1.29 is 0 Å². The van der Waals surface area contributed by atoms with Crippen LogP contribution in [0.5, 0.6) is 0 Å². The first-order chi connectivity index (χ1) is 7.26. The molecule has 0 aromatic heterocycles. The molecule has 0 saturated heterocycles. The van der Waals surface area contributed by atoms with E-state index in [-0.39, 0.29) is 0 Å². The number of nitrogens with zero attached hydrogens (tertiary/aromatic N) is 2. The van der Waals surface area contributed by atoms with Crippen LogP contribution < -0.4 is 0 Å². The summed E-state index contributed by atoms with van der Waals surface area (Å²) in [6.07, 6.45) is 0.599. The number of hydrogen-bond donors (Lipinski definition) is 0. The van der Waals surface area contributed by atoms with Crippen molar-refractivity contribution in [3.05, 3.63) is 34.3 Å². The summed E-state index contributed by atoms with van der Waals surface area (Å²) in [7, 11) is 0. The number of benzene rings is 1. The average Bonchev–Trinajstić information content (AvgIpc) is 2.24. The van der Waals surface area contributed by atoms with E-state index in [0.717, 1.165) is 24.1 Å². The normalized spacial score (nSPS) is 10.3. The lowest BCUT2D eigenvalue weighted by molar-refractivity contribution is 0.286. The second-order valence-electron chi connectivity index (χ2n) is 3.41. The number of halogens is 1. The maximum atomic E-state index is 8.54. The van der Waals surface area contributed by atoms with Crippen LogP contribution in [0.2, 0.25) is 0 Å². The van der Waals surface area contributed by atoms with Crippen LogP contribution in [-0.4, -0.2) is 18.0 Å². The first kappa shape index (κ1) is 12.2. The first-order valence-corrected chi connectivity index (χ1v) is 5.89. The van der Waals surface area contributed by atoms with Gasteiger partial charge < -0.3 is 0 Å². The van der Waals surface area contributed by atoms with Crippen LogP contribution in [0.4, 0.5) is 0 Å². The maximum Gasteiger partial charge on any atom is 0.0635 e. The number of rotatable bonds is 5. The van der Waals surface area contributed by atoms with Crippen LogP contribution in [0.15, 0.2) is 28.7 Å². The second kappa shape index (κ2) is 6.60. The molecule has 0 fully saturated rings. The second-order valence-corrected chi connectivity index (χ2v) is 4.32. The summed E-state index contributed by atoms with van der Waals surface area (Å²) in [6.45, 7) is 4.86. The summed E-state index contributed by atoms with van der Waals surface area (Å²) in [5.41, 5.74) is 1.28. The lowest BCUT2D eigenvalue weighted by Gasteiger charge is -2.18. The van der Waals surface area contributed by atoms with Gasteiger partial charge in [-0.2, -0.15) is 5.26 Å². The fourth-order valence-corrected chi connectivity index (χ4v) is 1.90. The minimum Gasteiger partial charge on any atom is -0.298 e. The molecular weight excluding hydrogens is 252 g/mol. The Morgan fingerprint density at radius 3 is 2.87 bits per heavy atom. The standard InChI is InChI=1S/C12H15BrN2/c1-2-15(8-4-7-14)10-11-5-3-6-12(13)9-11/h3,5-6,9H,2,4,8,10H2,1H3. The van der Waals surface area contributed by atoms with E-state index >= 15 is 0 Å². The Labute approximate surface area is 99.6 Å². The lowest BCUT2D eigenvalue weighted by Crippen LogP contribution is -2.23. The van der Waals surface area contributed by atoms with Crippen molar-refractivity contribution in [1.82, 2.24) is 4.90 Å². The van der Waals surface area contributed by atoms with Gasteiger partial charge in [0, 0.05) is 24.0 Å². The highest BCUT2D eigenvalue weighted by Gasteiger charge is 2.03. The predicted octanol–water partition coefficient (Wildman–Crippen LogP) is 3.18. The molecule has 15 heavy (non-hydrogen) atoms. The molecule has 0 saturated carbocycles. The van der Waals surface area contributed by atoms with Crippen molar-refractivity contribution >= 4 is 15.9 Å². The summed E-state index contributed by atoms with van der Waals surface area (Å²) in [5, 5.41) is 8.54. The zero-order valence-electron chi connectivity index (χ0n) is 8.91. The third-order valence-corrected chi connectivity index (χ3v) is 2.78. The molecule has 0 amide bonds. The molecule has 0 bridgehead atoms. The van der Waals surface area contributed by atoms with E-state index in [1.807, 2.05) is 12.1 Å². The molecule has 0 atom stereocenters. The topological polar surface area (TPSA) is 27.0 Å². The molecule has 0 N–H and O–H groups in total. The Morgan fingerprint density at radius 1 is 1.47 bits per heavy atom. The van der Waals surface area contributed by atoms with Crippen molar-refractivity contribution in [3.8, 4) is 6.07 Å². The Bertz CT molecular complexity index is 344. The van der Waals surface area contributed by atoms with Crippen molar-refractivity contribution in [2.24, 2.45) is 0 Å². The summed E-state index contributed by atoms with van der Waals surface area (Å²) in [5.74, 6) is 0. The van der Waals surface area contributed by atoms with Crippen molar-refractivity contribution in [2.45, 2.75) is 19.9 Å². The Balaban J connectivity index is 2.55. The van der Waals surface area contributed by atoms with Gasteiger partial charge in [0.1, 0.15) is 0 Å². The minimum absolute atomic E-state index is 0.599. The van der Waals surface area contributed by atoms with Crippen LogP contribution in [0, 0.1) is 11.3 Å². The molecule has 0 radical (unpaired) electrons. The molecule has 0 aliphatic rings. The summed E-state index contributed by atoms with van der Waals surface area (Å²) in [6, 6.07) is 10.5. The van der Waals surface area contributed by atoms with Gasteiger partial charge in [-0.15, -0.1) is 0 Å². The predicted molar refractivity (Wildman–Crippen MR) is 65.3 cm³/mol. The molecule has 1 aromatic carbocycles. The van der Waals surface area contributed by atoms with Crippen molar-refractivity contribution in [2.75, 3.05) is 13.1 Å². The van der Waals surface area contributed by atoms with Crippen LogP contribution >= 0.6 is 15.9 Å². The van der Waals surface area contributed by atoms with Crippen molar-refractivity contribution in [1.29, 1.82) is 5.26 Å². The Morgan fingerprint density at radius 2 is 2.27 bits per heavy atom.